The molecule has 140 valence electrons. The number of esters is 1. The van der Waals surface area contributed by atoms with Crippen molar-refractivity contribution in [2.45, 2.75) is 52.4 Å². The third kappa shape index (κ3) is 4.01. The zero-order valence-corrected chi connectivity index (χ0v) is 16.0. The Morgan fingerprint density at radius 3 is 2.35 bits per heavy atom. The SMILES string of the molecule is COCOc1ccc(COC(C)=O)c(B2OC(C)(C)C(C)(C)O2)c1C#N. The number of methoxy groups -OCH3 is 1. The van der Waals surface area contributed by atoms with Crippen molar-refractivity contribution in [1.82, 2.24) is 0 Å². The molecule has 1 heterocycles. The molecule has 8 heteroatoms. The number of rotatable bonds is 6. The van der Waals surface area contributed by atoms with Crippen LogP contribution in [0.25, 0.3) is 0 Å². The van der Waals surface area contributed by atoms with E-state index in [0.29, 0.717) is 16.8 Å². The minimum absolute atomic E-state index is 0.000773. The van der Waals surface area contributed by atoms with Gasteiger partial charge in [-0.25, -0.2) is 0 Å². The third-order valence-corrected chi connectivity index (χ3v) is 4.66. The molecule has 1 aromatic rings. The van der Waals surface area contributed by atoms with Crippen molar-refractivity contribution < 1.29 is 28.3 Å². The molecule has 0 aromatic heterocycles. The summed E-state index contributed by atoms with van der Waals surface area (Å²) in [6.45, 7) is 9.04. The van der Waals surface area contributed by atoms with E-state index in [9.17, 15) is 10.1 Å². The number of nitrogens with zero attached hydrogens (tertiary/aromatic N) is 1. The van der Waals surface area contributed by atoms with Gasteiger partial charge in [0.2, 0.25) is 0 Å². The van der Waals surface area contributed by atoms with Crippen LogP contribution in [0.5, 0.6) is 5.75 Å². The van der Waals surface area contributed by atoms with E-state index < -0.39 is 24.3 Å². The summed E-state index contributed by atoms with van der Waals surface area (Å²) in [7, 11) is 0.710. The van der Waals surface area contributed by atoms with E-state index in [1.54, 1.807) is 12.1 Å². The second kappa shape index (κ2) is 7.66. The summed E-state index contributed by atoms with van der Waals surface area (Å²) in [4.78, 5) is 11.2. The average molecular weight is 361 g/mol. The zero-order valence-electron chi connectivity index (χ0n) is 16.0. The van der Waals surface area contributed by atoms with Crippen LogP contribution in [0.4, 0.5) is 0 Å². The third-order valence-electron chi connectivity index (χ3n) is 4.66. The molecule has 1 aliphatic rings. The normalized spacial score (nSPS) is 17.7. The van der Waals surface area contributed by atoms with Gasteiger partial charge < -0.3 is 23.5 Å². The first kappa shape index (κ1) is 20.2. The fourth-order valence-corrected chi connectivity index (χ4v) is 2.54. The van der Waals surface area contributed by atoms with Crippen molar-refractivity contribution in [3.05, 3.63) is 23.3 Å². The van der Waals surface area contributed by atoms with E-state index in [4.69, 9.17) is 23.5 Å². The van der Waals surface area contributed by atoms with Crippen LogP contribution in [0.15, 0.2) is 12.1 Å². The smallest absolute Gasteiger partial charge is 0.466 e. The standard InChI is InChI=1S/C18H24BNO6/c1-12(21)23-10-13-7-8-15(24-11-22-6)14(9-20)16(13)19-25-17(2,3)18(4,5)26-19/h7-8H,10-11H2,1-6H3. The molecule has 0 radical (unpaired) electrons. The molecule has 1 saturated heterocycles. The second-order valence-electron chi connectivity index (χ2n) is 7.04. The fraction of sp³-hybridized carbons (Fsp3) is 0.556. The number of nitriles is 1. The molecular weight excluding hydrogens is 337 g/mol. The number of hydrogen-bond donors (Lipinski definition) is 0. The quantitative estimate of drug-likeness (QED) is 0.434. The lowest BCUT2D eigenvalue weighted by Crippen LogP contribution is -2.41. The van der Waals surface area contributed by atoms with Gasteiger partial charge in [-0.15, -0.1) is 0 Å². The highest BCUT2D eigenvalue weighted by Crippen LogP contribution is 2.37. The van der Waals surface area contributed by atoms with Gasteiger partial charge in [-0.3, -0.25) is 4.79 Å². The summed E-state index contributed by atoms with van der Waals surface area (Å²) >= 11 is 0. The monoisotopic (exact) mass is 361 g/mol. The Bertz CT molecular complexity index is 709. The summed E-state index contributed by atoms with van der Waals surface area (Å²) in [6.07, 6.45) is 0. The molecule has 0 unspecified atom stereocenters. The predicted molar refractivity (Wildman–Crippen MR) is 94.8 cm³/mol. The van der Waals surface area contributed by atoms with Crippen LogP contribution < -0.4 is 10.2 Å². The second-order valence-corrected chi connectivity index (χ2v) is 7.04. The number of benzene rings is 1. The van der Waals surface area contributed by atoms with Crippen molar-refractivity contribution in [2.75, 3.05) is 13.9 Å². The van der Waals surface area contributed by atoms with Gasteiger partial charge >= 0.3 is 13.1 Å². The molecule has 0 bridgehead atoms. The van der Waals surface area contributed by atoms with Gasteiger partial charge in [0.1, 0.15) is 18.4 Å². The molecule has 0 amide bonds. The first-order valence-corrected chi connectivity index (χ1v) is 8.29. The van der Waals surface area contributed by atoms with Crippen molar-refractivity contribution in [3.8, 4) is 11.8 Å². The maximum Gasteiger partial charge on any atom is 0.496 e. The zero-order chi connectivity index (χ0) is 19.5. The van der Waals surface area contributed by atoms with E-state index >= 15 is 0 Å². The Hall–Kier alpha value is -2.08. The lowest BCUT2D eigenvalue weighted by Gasteiger charge is -2.32. The fourth-order valence-electron chi connectivity index (χ4n) is 2.54. The number of carbonyl (C=O) groups excluding carboxylic acids is 1. The molecule has 1 aromatic carbocycles. The molecule has 2 rings (SSSR count). The molecule has 1 aliphatic heterocycles. The molecule has 7 nitrogen and oxygen atoms in total. The van der Waals surface area contributed by atoms with Gasteiger partial charge in [0, 0.05) is 19.5 Å². The van der Waals surface area contributed by atoms with E-state index in [1.165, 1.54) is 14.0 Å². The minimum atomic E-state index is -0.786. The maximum absolute atomic E-state index is 11.2. The van der Waals surface area contributed by atoms with Gasteiger partial charge in [-0.1, -0.05) is 6.07 Å². The molecule has 0 aliphatic carbocycles. The first-order chi connectivity index (χ1) is 12.1. The average Bonchev–Trinajstić information content (AvgIpc) is 2.77. The Morgan fingerprint density at radius 2 is 1.85 bits per heavy atom. The Labute approximate surface area is 154 Å². The highest BCUT2D eigenvalue weighted by atomic mass is 16.7. The van der Waals surface area contributed by atoms with Crippen molar-refractivity contribution in [3.63, 3.8) is 0 Å². The number of ether oxygens (including phenoxy) is 3. The van der Waals surface area contributed by atoms with Crippen molar-refractivity contribution >= 4 is 18.6 Å². The van der Waals surface area contributed by atoms with Crippen LogP contribution >= 0.6 is 0 Å². The van der Waals surface area contributed by atoms with Crippen LogP contribution in [0.3, 0.4) is 0 Å². The van der Waals surface area contributed by atoms with E-state index in [2.05, 4.69) is 6.07 Å². The summed E-state index contributed by atoms with van der Waals surface area (Å²) in [5.74, 6) is -0.0614. The highest BCUT2D eigenvalue weighted by Gasteiger charge is 2.53. The van der Waals surface area contributed by atoms with Crippen LogP contribution in [0.2, 0.25) is 0 Å². The summed E-state index contributed by atoms with van der Waals surface area (Å²) in [6, 6.07) is 5.53. The molecule has 0 saturated carbocycles. The number of hydrogen-bond acceptors (Lipinski definition) is 7. The van der Waals surface area contributed by atoms with Crippen molar-refractivity contribution in [2.24, 2.45) is 0 Å². The van der Waals surface area contributed by atoms with Crippen LogP contribution in [0, 0.1) is 11.3 Å². The van der Waals surface area contributed by atoms with E-state index in [-0.39, 0.29) is 19.0 Å². The number of carbonyl (C=O) groups is 1. The Balaban J connectivity index is 2.52. The minimum Gasteiger partial charge on any atom is -0.466 e. The topological polar surface area (TPSA) is 87.0 Å². The summed E-state index contributed by atoms with van der Waals surface area (Å²) in [5, 5.41) is 9.73. The summed E-state index contributed by atoms with van der Waals surface area (Å²) in [5.41, 5.74) is 0.241. The molecular formula is C18H24BNO6. The molecule has 26 heavy (non-hydrogen) atoms. The van der Waals surface area contributed by atoms with Crippen LogP contribution in [0.1, 0.15) is 45.7 Å². The van der Waals surface area contributed by atoms with Gasteiger partial charge in [-0.2, -0.15) is 5.26 Å². The van der Waals surface area contributed by atoms with Crippen LogP contribution in [-0.4, -0.2) is 38.2 Å². The first-order valence-electron chi connectivity index (χ1n) is 8.29. The predicted octanol–water partition coefficient (Wildman–Crippen LogP) is 1.90. The van der Waals surface area contributed by atoms with Gasteiger partial charge in [-0.05, 0) is 39.3 Å². The highest BCUT2D eigenvalue weighted by molar-refractivity contribution is 6.63. The largest absolute Gasteiger partial charge is 0.496 e. The van der Waals surface area contributed by atoms with E-state index in [0.717, 1.165) is 0 Å². The molecule has 1 fully saturated rings. The maximum atomic E-state index is 11.2. The van der Waals surface area contributed by atoms with Gasteiger partial charge in [0.15, 0.2) is 6.79 Å². The van der Waals surface area contributed by atoms with Crippen LogP contribution in [-0.2, 0) is 30.2 Å². The lowest BCUT2D eigenvalue weighted by molar-refractivity contribution is -0.142. The Kier molecular flexibility index (Phi) is 5.96. The van der Waals surface area contributed by atoms with Crippen molar-refractivity contribution in [1.29, 1.82) is 5.26 Å². The Morgan fingerprint density at radius 1 is 1.23 bits per heavy atom. The van der Waals surface area contributed by atoms with Gasteiger partial charge in [0.25, 0.3) is 0 Å². The van der Waals surface area contributed by atoms with Gasteiger partial charge in [0.05, 0.1) is 16.8 Å². The summed E-state index contributed by atoms with van der Waals surface area (Å²) < 4.78 is 27.7. The van der Waals surface area contributed by atoms with E-state index in [1.807, 2.05) is 27.7 Å². The molecule has 0 spiro atoms. The lowest BCUT2D eigenvalue weighted by atomic mass is 9.73. The molecule has 0 N–H and O–H groups in total. The molecule has 0 atom stereocenters.